The average Bonchev–Trinajstić information content (AvgIpc) is 3.32. The van der Waals surface area contributed by atoms with Crippen LogP contribution in [0.2, 0.25) is 0 Å². The van der Waals surface area contributed by atoms with Gasteiger partial charge in [0.15, 0.2) is 11.5 Å². The lowest BCUT2D eigenvalue weighted by Gasteiger charge is -2.22. The molecule has 136 valence electrons. The number of aromatic nitrogens is 5. The highest BCUT2D eigenvalue weighted by atomic mass is 16.5. The summed E-state index contributed by atoms with van der Waals surface area (Å²) in [6, 6.07) is 1.48. The molecule has 3 aromatic rings. The first-order valence-electron chi connectivity index (χ1n) is 8.33. The fourth-order valence-electron chi connectivity index (χ4n) is 3.12. The highest BCUT2D eigenvalue weighted by Crippen LogP contribution is 2.34. The number of nitrogens with zero attached hydrogens (tertiary/aromatic N) is 6. The molecule has 0 saturated carbocycles. The second-order valence-electron chi connectivity index (χ2n) is 6.07. The van der Waals surface area contributed by atoms with Gasteiger partial charge >= 0.3 is 5.97 Å². The predicted octanol–water partition coefficient (Wildman–Crippen LogP) is 0.910. The Morgan fingerprint density at radius 1 is 1.46 bits per heavy atom. The van der Waals surface area contributed by atoms with Crippen molar-refractivity contribution in [3.63, 3.8) is 0 Å². The van der Waals surface area contributed by atoms with E-state index in [1.165, 1.54) is 10.7 Å². The summed E-state index contributed by atoms with van der Waals surface area (Å²) < 4.78 is 11.8. The van der Waals surface area contributed by atoms with Crippen LogP contribution in [0, 0.1) is 6.92 Å². The van der Waals surface area contributed by atoms with E-state index in [0.29, 0.717) is 41.7 Å². The Morgan fingerprint density at radius 3 is 3.04 bits per heavy atom. The number of hydrogen-bond donors (Lipinski definition) is 1. The normalized spacial score (nSPS) is 20.0. The van der Waals surface area contributed by atoms with Gasteiger partial charge in [-0.1, -0.05) is 5.16 Å². The van der Waals surface area contributed by atoms with Crippen molar-refractivity contribution in [3.05, 3.63) is 35.7 Å². The molecule has 0 aromatic carbocycles. The van der Waals surface area contributed by atoms with E-state index >= 15 is 0 Å². The lowest BCUT2D eigenvalue weighted by molar-refractivity contribution is 0.0528. The van der Waals surface area contributed by atoms with Crippen molar-refractivity contribution in [3.8, 4) is 0 Å². The number of aliphatic hydroxyl groups excluding tert-OH is 1. The molecule has 10 nitrogen and oxygen atoms in total. The van der Waals surface area contributed by atoms with Crippen LogP contribution in [0.1, 0.15) is 41.5 Å². The van der Waals surface area contributed by atoms with Gasteiger partial charge < -0.3 is 19.3 Å². The number of carbonyl (C=O) groups is 1. The number of aryl methyl sites for hydroxylation is 1. The zero-order valence-electron chi connectivity index (χ0n) is 14.4. The number of fused-ring (bicyclic) bond motifs is 1. The topological polar surface area (TPSA) is 119 Å². The minimum atomic E-state index is -0.542. The minimum Gasteiger partial charge on any atom is -0.462 e. The number of esters is 1. The van der Waals surface area contributed by atoms with E-state index in [1.54, 1.807) is 26.1 Å². The van der Waals surface area contributed by atoms with Gasteiger partial charge in [0.1, 0.15) is 17.4 Å². The van der Waals surface area contributed by atoms with Crippen LogP contribution in [-0.4, -0.2) is 55.1 Å². The molecule has 10 heteroatoms. The minimum absolute atomic E-state index is 0.271. The highest BCUT2D eigenvalue weighted by molar-refractivity contribution is 5.95. The molecule has 1 N–H and O–H groups in total. The fourth-order valence-corrected chi connectivity index (χ4v) is 3.12. The quantitative estimate of drug-likeness (QED) is 0.679. The Morgan fingerprint density at radius 2 is 2.31 bits per heavy atom. The molecule has 1 aliphatic rings. The summed E-state index contributed by atoms with van der Waals surface area (Å²) in [4.78, 5) is 22.8. The van der Waals surface area contributed by atoms with Gasteiger partial charge in [-0.2, -0.15) is 10.1 Å². The average molecular weight is 358 g/mol. The number of ether oxygens (including phenoxy) is 1. The number of anilines is 1. The van der Waals surface area contributed by atoms with Crippen LogP contribution in [0.15, 0.2) is 23.0 Å². The lowest BCUT2D eigenvalue weighted by atomic mass is 10.2. The Kier molecular flexibility index (Phi) is 4.03. The first-order chi connectivity index (χ1) is 12.6. The van der Waals surface area contributed by atoms with E-state index in [2.05, 4.69) is 20.2 Å². The molecule has 4 rings (SSSR count). The first kappa shape index (κ1) is 16.5. The van der Waals surface area contributed by atoms with Gasteiger partial charge in [-0.15, -0.1) is 0 Å². The Balaban J connectivity index is 1.73. The van der Waals surface area contributed by atoms with Crippen molar-refractivity contribution < 1.29 is 19.2 Å². The van der Waals surface area contributed by atoms with Gasteiger partial charge in [0, 0.05) is 19.2 Å². The van der Waals surface area contributed by atoms with E-state index in [9.17, 15) is 9.90 Å². The molecule has 1 aliphatic heterocycles. The van der Waals surface area contributed by atoms with Gasteiger partial charge in [0.25, 0.3) is 0 Å². The molecule has 4 heterocycles. The molecule has 26 heavy (non-hydrogen) atoms. The summed E-state index contributed by atoms with van der Waals surface area (Å²) in [5.74, 6) is 1.07. The van der Waals surface area contributed by atoms with Gasteiger partial charge in [-0.25, -0.2) is 14.3 Å². The summed E-state index contributed by atoms with van der Waals surface area (Å²) in [5.41, 5.74) is 0.682. The zero-order valence-corrected chi connectivity index (χ0v) is 14.4. The summed E-state index contributed by atoms with van der Waals surface area (Å²) in [6.07, 6.45) is 3.06. The third-order valence-corrected chi connectivity index (χ3v) is 4.25. The molecule has 3 aromatic heterocycles. The number of hydrogen-bond acceptors (Lipinski definition) is 9. The molecule has 2 unspecified atom stereocenters. The Hall–Kier alpha value is -3.01. The maximum absolute atomic E-state index is 12.1. The molecular formula is C16H18N6O4. The SMILES string of the molecule is CCOC(=O)c1cnn2ccc(N3CC(O)CC3c3nc(C)no3)nc12. The molecule has 1 fully saturated rings. The van der Waals surface area contributed by atoms with Crippen LogP contribution in [-0.2, 0) is 4.74 Å². The fraction of sp³-hybridized carbons (Fsp3) is 0.438. The summed E-state index contributed by atoms with van der Waals surface area (Å²) in [6.45, 7) is 4.13. The van der Waals surface area contributed by atoms with Crippen molar-refractivity contribution in [2.75, 3.05) is 18.1 Å². The van der Waals surface area contributed by atoms with Crippen molar-refractivity contribution in [1.82, 2.24) is 24.7 Å². The molecule has 0 bridgehead atoms. The number of carbonyl (C=O) groups excluding carboxylic acids is 1. The van der Waals surface area contributed by atoms with Crippen LogP contribution in [0.5, 0.6) is 0 Å². The van der Waals surface area contributed by atoms with Crippen molar-refractivity contribution in [2.45, 2.75) is 32.4 Å². The predicted molar refractivity (Wildman–Crippen MR) is 88.7 cm³/mol. The highest BCUT2D eigenvalue weighted by Gasteiger charge is 2.37. The summed E-state index contributed by atoms with van der Waals surface area (Å²) in [5, 5.41) is 18.1. The maximum Gasteiger partial charge on any atom is 0.343 e. The second kappa shape index (κ2) is 6.37. The van der Waals surface area contributed by atoms with E-state index in [1.807, 2.05) is 4.90 Å². The second-order valence-corrected chi connectivity index (χ2v) is 6.07. The van der Waals surface area contributed by atoms with Crippen LogP contribution < -0.4 is 4.90 Å². The van der Waals surface area contributed by atoms with Gasteiger partial charge in [-0.3, -0.25) is 0 Å². The summed E-state index contributed by atoms with van der Waals surface area (Å²) in [7, 11) is 0. The van der Waals surface area contributed by atoms with Gasteiger partial charge in [-0.05, 0) is 19.9 Å². The monoisotopic (exact) mass is 358 g/mol. The van der Waals surface area contributed by atoms with Crippen LogP contribution in [0.25, 0.3) is 5.65 Å². The molecule has 0 aliphatic carbocycles. The summed E-state index contributed by atoms with van der Waals surface area (Å²) >= 11 is 0. The zero-order chi connectivity index (χ0) is 18.3. The van der Waals surface area contributed by atoms with E-state index in [0.717, 1.165) is 0 Å². The van der Waals surface area contributed by atoms with Crippen LogP contribution in [0.4, 0.5) is 5.82 Å². The molecule has 1 saturated heterocycles. The van der Waals surface area contributed by atoms with Gasteiger partial charge in [0.05, 0.1) is 18.9 Å². The van der Waals surface area contributed by atoms with Crippen LogP contribution >= 0.6 is 0 Å². The molecule has 0 amide bonds. The first-order valence-corrected chi connectivity index (χ1v) is 8.33. The lowest BCUT2D eigenvalue weighted by Crippen LogP contribution is -2.25. The van der Waals surface area contributed by atoms with E-state index in [4.69, 9.17) is 9.26 Å². The van der Waals surface area contributed by atoms with Crippen molar-refractivity contribution in [2.24, 2.45) is 0 Å². The Bertz CT molecular complexity index is 951. The molecule has 0 spiro atoms. The Labute approximate surface area is 148 Å². The number of rotatable bonds is 4. The molecular weight excluding hydrogens is 340 g/mol. The standard InChI is InChI=1S/C16H18N6O4/c1-3-25-16(24)11-7-17-22-5-4-13(19-14(11)22)21-8-10(23)6-12(21)15-18-9(2)20-26-15/h4-5,7,10,12,23H,3,6,8H2,1-2H3. The number of β-amino-alcohol motifs (C(OH)–C–C–N with tert-alkyl or cyclic N) is 1. The maximum atomic E-state index is 12.1. The smallest absolute Gasteiger partial charge is 0.343 e. The van der Waals surface area contributed by atoms with Gasteiger partial charge in [0.2, 0.25) is 5.89 Å². The van der Waals surface area contributed by atoms with E-state index < -0.39 is 12.1 Å². The molecule has 2 atom stereocenters. The third-order valence-electron chi connectivity index (χ3n) is 4.25. The molecule has 0 radical (unpaired) electrons. The van der Waals surface area contributed by atoms with Crippen LogP contribution in [0.3, 0.4) is 0 Å². The van der Waals surface area contributed by atoms with Crippen molar-refractivity contribution in [1.29, 1.82) is 0 Å². The third kappa shape index (κ3) is 2.77. The van der Waals surface area contributed by atoms with E-state index in [-0.39, 0.29) is 12.6 Å². The number of aliphatic hydroxyl groups is 1. The largest absolute Gasteiger partial charge is 0.462 e. The van der Waals surface area contributed by atoms with Crippen molar-refractivity contribution >= 4 is 17.4 Å².